The second-order valence-corrected chi connectivity index (χ2v) is 5.07. The van der Waals surface area contributed by atoms with Crippen molar-refractivity contribution in [1.29, 1.82) is 0 Å². The number of methoxy groups -OCH3 is 1. The maximum absolute atomic E-state index is 11.1. The van der Waals surface area contributed by atoms with E-state index in [9.17, 15) is 4.79 Å². The van der Waals surface area contributed by atoms with E-state index in [1.165, 1.54) is 0 Å². The van der Waals surface area contributed by atoms with Crippen molar-refractivity contribution in [2.45, 2.75) is 32.4 Å². The number of aliphatic carboxylic acids is 1. The van der Waals surface area contributed by atoms with Crippen molar-refractivity contribution in [2.24, 2.45) is 0 Å². The first-order chi connectivity index (χ1) is 10.1. The van der Waals surface area contributed by atoms with Gasteiger partial charge in [-0.3, -0.25) is 0 Å². The van der Waals surface area contributed by atoms with Crippen LogP contribution in [0, 0.1) is 0 Å². The van der Waals surface area contributed by atoms with Crippen LogP contribution in [0.3, 0.4) is 0 Å². The Morgan fingerprint density at radius 3 is 2.81 bits per heavy atom. The third kappa shape index (κ3) is 6.33. The van der Waals surface area contributed by atoms with Crippen molar-refractivity contribution in [2.75, 3.05) is 20.3 Å². The van der Waals surface area contributed by atoms with E-state index in [4.69, 9.17) is 26.2 Å². The Labute approximate surface area is 130 Å². The summed E-state index contributed by atoms with van der Waals surface area (Å²) >= 11 is 6.15. The molecule has 0 bridgehead atoms. The van der Waals surface area contributed by atoms with Gasteiger partial charge in [-0.1, -0.05) is 31.0 Å². The molecule has 0 aromatic heterocycles. The number of hydrogen-bond donors (Lipinski definition) is 2. The van der Waals surface area contributed by atoms with Crippen LogP contribution < -0.4 is 10.1 Å². The zero-order valence-electron chi connectivity index (χ0n) is 12.4. The number of carbonyl (C=O) groups is 1. The summed E-state index contributed by atoms with van der Waals surface area (Å²) in [6, 6.07) is 5.36. The zero-order chi connectivity index (χ0) is 15.7. The molecule has 5 nitrogen and oxygen atoms in total. The van der Waals surface area contributed by atoms with Gasteiger partial charge in [-0.15, -0.1) is 0 Å². The Bertz CT molecular complexity index is 453. The lowest BCUT2D eigenvalue weighted by Crippen LogP contribution is -2.26. The fourth-order valence-electron chi connectivity index (χ4n) is 1.81. The zero-order valence-corrected chi connectivity index (χ0v) is 13.2. The quantitative estimate of drug-likeness (QED) is 0.650. The predicted octanol–water partition coefficient (Wildman–Crippen LogP) is 2.71. The van der Waals surface area contributed by atoms with E-state index in [0.717, 1.165) is 18.5 Å². The Hall–Kier alpha value is -1.30. The monoisotopic (exact) mass is 315 g/mol. The van der Waals surface area contributed by atoms with E-state index in [-0.39, 0.29) is 0 Å². The smallest absolute Gasteiger partial charge is 0.344 e. The van der Waals surface area contributed by atoms with E-state index < -0.39 is 12.1 Å². The summed E-state index contributed by atoms with van der Waals surface area (Å²) in [7, 11) is 1.65. The summed E-state index contributed by atoms with van der Waals surface area (Å²) in [5.74, 6) is -0.573. The molecule has 0 heterocycles. The molecule has 6 heteroatoms. The summed E-state index contributed by atoms with van der Waals surface area (Å²) in [5.41, 5.74) is 1.01. The van der Waals surface area contributed by atoms with Gasteiger partial charge in [-0.05, 0) is 24.1 Å². The van der Waals surface area contributed by atoms with Crippen molar-refractivity contribution in [3.63, 3.8) is 0 Å². The third-order valence-electron chi connectivity index (χ3n) is 2.90. The molecule has 21 heavy (non-hydrogen) atoms. The van der Waals surface area contributed by atoms with Crippen LogP contribution in [-0.4, -0.2) is 37.4 Å². The minimum Gasteiger partial charge on any atom is -0.479 e. The number of benzene rings is 1. The molecule has 0 fully saturated rings. The highest BCUT2D eigenvalue weighted by atomic mass is 35.5. The van der Waals surface area contributed by atoms with Crippen molar-refractivity contribution in [3.05, 3.63) is 28.8 Å². The minimum absolute atomic E-state index is 0.401. The van der Waals surface area contributed by atoms with Gasteiger partial charge in [0.25, 0.3) is 0 Å². The van der Waals surface area contributed by atoms with E-state index in [1.807, 2.05) is 13.0 Å². The highest BCUT2D eigenvalue weighted by Crippen LogP contribution is 2.27. The second-order valence-electron chi connectivity index (χ2n) is 4.67. The molecular weight excluding hydrogens is 294 g/mol. The number of carboxylic acid groups (broad SMARTS) is 1. The van der Waals surface area contributed by atoms with Crippen LogP contribution >= 0.6 is 11.6 Å². The SMILES string of the molecule is CCCC(Oc1ccc(CNCCOC)cc1Cl)C(=O)O. The van der Waals surface area contributed by atoms with Crippen LogP contribution in [-0.2, 0) is 16.1 Å². The molecule has 1 unspecified atom stereocenters. The molecule has 118 valence electrons. The van der Waals surface area contributed by atoms with Crippen molar-refractivity contribution >= 4 is 17.6 Å². The van der Waals surface area contributed by atoms with Gasteiger partial charge in [0, 0.05) is 20.2 Å². The van der Waals surface area contributed by atoms with E-state index in [0.29, 0.717) is 30.3 Å². The molecule has 0 aliphatic carbocycles. The third-order valence-corrected chi connectivity index (χ3v) is 3.20. The van der Waals surface area contributed by atoms with Crippen molar-refractivity contribution < 1.29 is 19.4 Å². The molecule has 0 amide bonds. The maximum atomic E-state index is 11.1. The number of ether oxygens (including phenoxy) is 2. The standard InChI is InChI=1S/C15H22ClNO4/c1-3-4-14(15(18)19)21-13-6-5-11(9-12(13)16)10-17-7-8-20-2/h5-6,9,14,17H,3-4,7-8,10H2,1-2H3,(H,18,19). The van der Waals surface area contributed by atoms with Crippen molar-refractivity contribution in [3.8, 4) is 5.75 Å². The first-order valence-corrected chi connectivity index (χ1v) is 7.33. The Kier molecular flexibility index (Phi) is 8.12. The minimum atomic E-state index is -0.974. The van der Waals surface area contributed by atoms with Crippen LogP contribution in [0.25, 0.3) is 0 Å². The summed E-state index contributed by atoms with van der Waals surface area (Å²) in [5, 5.41) is 12.7. The summed E-state index contributed by atoms with van der Waals surface area (Å²) in [6.07, 6.45) is 0.320. The van der Waals surface area contributed by atoms with E-state index in [2.05, 4.69) is 5.32 Å². The van der Waals surface area contributed by atoms with Gasteiger partial charge >= 0.3 is 5.97 Å². The normalized spacial score (nSPS) is 12.1. The summed E-state index contributed by atoms with van der Waals surface area (Å²) in [4.78, 5) is 11.1. The van der Waals surface area contributed by atoms with Gasteiger partial charge in [0.1, 0.15) is 5.75 Å². The molecule has 0 aliphatic heterocycles. The Balaban J connectivity index is 2.62. The molecule has 1 atom stereocenters. The van der Waals surface area contributed by atoms with Gasteiger partial charge < -0.3 is 19.9 Å². The van der Waals surface area contributed by atoms with Gasteiger partial charge in [-0.25, -0.2) is 4.79 Å². The second kappa shape index (κ2) is 9.60. The molecule has 0 spiro atoms. The number of nitrogens with one attached hydrogen (secondary N) is 1. The average Bonchev–Trinajstić information content (AvgIpc) is 2.45. The van der Waals surface area contributed by atoms with Gasteiger partial charge in [0.05, 0.1) is 11.6 Å². The fraction of sp³-hybridized carbons (Fsp3) is 0.533. The molecule has 0 radical (unpaired) electrons. The number of halogens is 1. The lowest BCUT2D eigenvalue weighted by molar-refractivity contribution is -0.145. The maximum Gasteiger partial charge on any atom is 0.344 e. The van der Waals surface area contributed by atoms with Crippen LogP contribution in [0.5, 0.6) is 5.75 Å². The van der Waals surface area contributed by atoms with Crippen LogP contribution in [0.1, 0.15) is 25.3 Å². The highest BCUT2D eigenvalue weighted by Gasteiger charge is 2.19. The molecule has 1 aromatic carbocycles. The molecule has 0 saturated carbocycles. The fourth-order valence-corrected chi connectivity index (χ4v) is 2.05. The lowest BCUT2D eigenvalue weighted by Gasteiger charge is -2.16. The molecule has 2 N–H and O–H groups in total. The van der Waals surface area contributed by atoms with Crippen molar-refractivity contribution in [1.82, 2.24) is 5.32 Å². The van der Waals surface area contributed by atoms with E-state index >= 15 is 0 Å². The van der Waals surface area contributed by atoms with Gasteiger partial charge in [0.15, 0.2) is 6.10 Å². The average molecular weight is 316 g/mol. The molecule has 1 rings (SSSR count). The summed E-state index contributed by atoms with van der Waals surface area (Å²) < 4.78 is 10.4. The van der Waals surface area contributed by atoms with Gasteiger partial charge in [0.2, 0.25) is 0 Å². The molecular formula is C15H22ClNO4. The summed E-state index contributed by atoms with van der Waals surface area (Å²) in [6.45, 7) is 3.98. The predicted molar refractivity (Wildman–Crippen MR) is 82.0 cm³/mol. The van der Waals surface area contributed by atoms with E-state index in [1.54, 1.807) is 19.2 Å². The lowest BCUT2D eigenvalue weighted by atomic mass is 10.2. The molecule has 1 aromatic rings. The topological polar surface area (TPSA) is 67.8 Å². The molecule has 0 aliphatic rings. The van der Waals surface area contributed by atoms with Crippen LogP contribution in [0.15, 0.2) is 18.2 Å². The number of hydrogen-bond acceptors (Lipinski definition) is 4. The van der Waals surface area contributed by atoms with Crippen LogP contribution in [0.4, 0.5) is 0 Å². The van der Waals surface area contributed by atoms with Crippen LogP contribution in [0.2, 0.25) is 5.02 Å². The highest BCUT2D eigenvalue weighted by molar-refractivity contribution is 6.32. The molecule has 0 saturated heterocycles. The number of carboxylic acids is 1. The first-order valence-electron chi connectivity index (χ1n) is 6.96. The van der Waals surface area contributed by atoms with Gasteiger partial charge in [-0.2, -0.15) is 0 Å². The first kappa shape index (κ1) is 17.8. The number of rotatable bonds is 10. The Morgan fingerprint density at radius 2 is 2.24 bits per heavy atom. The Morgan fingerprint density at radius 1 is 1.48 bits per heavy atom. The largest absolute Gasteiger partial charge is 0.479 e.